The first-order valence-corrected chi connectivity index (χ1v) is 8.33. The maximum atomic E-state index is 5.84. The average Bonchev–Trinajstić information content (AvgIpc) is 2.60. The quantitative estimate of drug-likeness (QED) is 0.243. The maximum absolute atomic E-state index is 5.84. The molecule has 0 amide bonds. The van der Waals surface area contributed by atoms with Crippen molar-refractivity contribution < 1.29 is 4.74 Å². The fourth-order valence-electron chi connectivity index (χ4n) is 3.16. The minimum Gasteiger partial charge on any atom is -0.494 e. The molecule has 0 N–H and O–H groups in total. The molecule has 0 saturated carbocycles. The molecule has 0 aliphatic rings. The van der Waals surface area contributed by atoms with Gasteiger partial charge in [0.25, 0.3) is 0 Å². The van der Waals surface area contributed by atoms with Crippen molar-refractivity contribution in [1.82, 2.24) is 0 Å². The van der Waals surface area contributed by atoms with Gasteiger partial charge in [0.2, 0.25) is 0 Å². The van der Waals surface area contributed by atoms with E-state index in [1.54, 1.807) is 0 Å². The van der Waals surface area contributed by atoms with Crippen LogP contribution < -0.4 is 4.74 Å². The average molecular weight is 300 g/mol. The van der Waals surface area contributed by atoms with Gasteiger partial charge in [-0.05, 0) is 63.0 Å². The van der Waals surface area contributed by atoms with Crippen molar-refractivity contribution in [3.63, 3.8) is 0 Å². The van der Waals surface area contributed by atoms with E-state index in [0.29, 0.717) is 0 Å². The van der Waals surface area contributed by atoms with E-state index in [1.165, 1.54) is 32.3 Å². The molecule has 4 rings (SSSR count). The second kappa shape index (κ2) is 5.92. The largest absolute Gasteiger partial charge is 0.494 e. The lowest BCUT2D eigenvalue weighted by molar-refractivity contribution is 0.310. The molecule has 0 fully saturated rings. The van der Waals surface area contributed by atoms with Crippen LogP contribution in [0.3, 0.4) is 0 Å². The molecule has 0 spiro atoms. The van der Waals surface area contributed by atoms with E-state index in [4.69, 9.17) is 4.74 Å². The summed E-state index contributed by atoms with van der Waals surface area (Å²) in [6.07, 6.45) is 2.26. The first-order chi connectivity index (χ1) is 11.3. The number of ether oxygens (including phenoxy) is 1. The third-order valence-corrected chi connectivity index (χ3v) is 4.44. The van der Waals surface area contributed by atoms with E-state index >= 15 is 0 Å². The zero-order chi connectivity index (χ0) is 15.6. The lowest BCUT2D eigenvalue weighted by Gasteiger charge is -2.09. The predicted molar refractivity (Wildman–Crippen MR) is 99.4 cm³/mol. The predicted octanol–water partition coefficient (Wildman–Crippen LogP) is 6.33. The highest BCUT2D eigenvalue weighted by Gasteiger charge is 2.04. The van der Waals surface area contributed by atoms with E-state index in [9.17, 15) is 0 Å². The molecule has 0 aromatic heterocycles. The van der Waals surface area contributed by atoms with Crippen LogP contribution in [0.2, 0.25) is 0 Å². The normalized spacial score (nSPS) is 11.3. The molecule has 23 heavy (non-hydrogen) atoms. The molecular formula is C22H20O. The monoisotopic (exact) mass is 300 g/mol. The van der Waals surface area contributed by atoms with Crippen molar-refractivity contribution in [1.29, 1.82) is 0 Å². The van der Waals surface area contributed by atoms with Gasteiger partial charge >= 0.3 is 0 Å². The topological polar surface area (TPSA) is 9.23 Å². The molecule has 4 aromatic carbocycles. The molecule has 1 nitrogen and oxygen atoms in total. The Labute approximate surface area is 136 Å². The molecule has 0 saturated heterocycles. The minimum absolute atomic E-state index is 0.792. The second-order valence-corrected chi connectivity index (χ2v) is 6.07. The van der Waals surface area contributed by atoms with Crippen LogP contribution in [0.5, 0.6) is 5.75 Å². The van der Waals surface area contributed by atoms with Gasteiger partial charge < -0.3 is 4.74 Å². The first-order valence-electron chi connectivity index (χ1n) is 8.33. The Kier molecular flexibility index (Phi) is 3.63. The van der Waals surface area contributed by atoms with Crippen molar-refractivity contribution in [3.05, 3.63) is 66.7 Å². The van der Waals surface area contributed by atoms with Gasteiger partial charge in [-0.15, -0.1) is 0 Å². The van der Waals surface area contributed by atoms with Crippen LogP contribution >= 0.6 is 0 Å². The van der Waals surface area contributed by atoms with Crippen LogP contribution in [0.25, 0.3) is 32.3 Å². The fourth-order valence-corrected chi connectivity index (χ4v) is 3.16. The summed E-state index contributed by atoms with van der Waals surface area (Å²) in [5.41, 5.74) is 0. The Bertz CT molecular complexity index is 985. The fraction of sp³-hybridized carbons (Fsp3) is 0.182. The number of unbranched alkanes of at least 4 members (excludes halogenated alkanes) is 1. The summed E-state index contributed by atoms with van der Waals surface area (Å²) in [6, 6.07) is 23.9. The van der Waals surface area contributed by atoms with Crippen LogP contribution in [0.15, 0.2) is 66.7 Å². The van der Waals surface area contributed by atoms with E-state index in [-0.39, 0.29) is 0 Å². The summed E-state index contributed by atoms with van der Waals surface area (Å²) in [5, 5.41) is 7.70. The van der Waals surface area contributed by atoms with Gasteiger partial charge in [0.1, 0.15) is 5.75 Å². The Balaban J connectivity index is 1.85. The molecule has 4 aromatic rings. The van der Waals surface area contributed by atoms with E-state index in [1.807, 2.05) is 0 Å². The van der Waals surface area contributed by atoms with Gasteiger partial charge in [0, 0.05) is 0 Å². The van der Waals surface area contributed by atoms with Gasteiger partial charge in [0.15, 0.2) is 0 Å². The molecular weight excluding hydrogens is 280 g/mol. The van der Waals surface area contributed by atoms with Crippen LogP contribution in [-0.4, -0.2) is 6.61 Å². The summed E-state index contributed by atoms with van der Waals surface area (Å²) in [4.78, 5) is 0. The van der Waals surface area contributed by atoms with Crippen molar-refractivity contribution in [2.75, 3.05) is 6.61 Å². The number of fused-ring (bicyclic) bond motifs is 4. The number of benzene rings is 4. The molecule has 0 bridgehead atoms. The smallest absolute Gasteiger partial charge is 0.119 e. The Morgan fingerprint density at radius 1 is 0.696 bits per heavy atom. The molecule has 0 radical (unpaired) electrons. The summed E-state index contributed by atoms with van der Waals surface area (Å²) in [5.74, 6) is 0.964. The lowest BCUT2D eigenvalue weighted by Crippen LogP contribution is -1.96. The van der Waals surface area contributed by atoms with Gasteiger partial charge in [-0.2, -0.15) is 0 Å². The van der Waals surface area contributed by atoms with Crippen LogP contribution in [-0.2, 0) is 0 Å². The number of hydrogen-bond donors (Lipinski definition) is 0. The van der Waals surface area contributed by atoms with Crippen molar-refractivity contribution in [2.45, 2.75) is 19.8 Å². The minimum atomic E-state index is 0.792. The van der Waals surface area contributed by atoms with Crippen LogP contribution in [0.4, 0.5) is 0 Å². The highest BCUT2D eigenvalue weighted by atomic mass is 16.5. The molecule has 0 unspecified atom stereocenters. The molecule has 0 aliphatic heterocycles. The summed E-state index contributed by atoms with van der Waals surface area (Å²) < 4.78 is 5.84. The number of hydrogen-bond acceptors (Lipinski definition) is 1. The number of rotatable bonds is 4. The van der Waals surface area contributed by atoms with E-state index < -0.39 is 0 Å². The van der Waals surface area contributed by atoms with Crippen molar-refractivity contribution in [2.24, 2.45) is 0 Å². The Morgan fingerprint density at radius 3 is 2.22 bits per heavy atom. The van der Waals surface area contributed by atoms with Crippen molar-refractivity contribution >= 4 is 32.3 Å². The van der Waals surface area contributed by atoms with Gasteiger partial charge in [-0.1, -0.05) is 55.8 Å². The Hall–Kier alpha value is -2.54. The van der Waals surface area contributed by atoms with E-state index in [2.05, 4.69) is 73.7 Å². The maximum Gasteiger partial charge on any atom is 0.119 e. The van der Waals surface area contributed by atoms with Gasteiger partial charge in [0.05, 0.1) is 6.61 Å². The van der Waals surface area contributed by atoms with Gasteiger partial charge in [-0.3, -0.25) is 0 Å². The summed E-state index contributed by atoms with van der Waals surface area (Å²) >= 11 is 0. The molecule has 0 heterocycles. The highest BCUT2D eigenvalue weighted by molar-refractivity contribution is 6.12. The third kappa shape index (κ3) is 2.63. The van der Waals surface area contributed by atoms with E-state index in [0.717, 1.165) is 25.2 Å². The SMILES string of the molecule is CCCCOc1ccc2c(ccc3cc4ccccc4cc32)c1. The highest BCUT2D eigenvalue weighted by Crippen LogP contribution is 2.31. The molecule has 0 atom stereocenters. The Morgan fingerprint density at radius 2 is 1.43 bits per heavy atom. The molecule has 1 heteroatoms. The van der Waals surface area contributed by atoms with Crippen LogP contribution in [0.1, 0.15) is 19.8 Å². The zero-order valence-corrected chi connectivity index (χ0v) is 13.4. The lowest BCUT2D eigenvalue weighted by atomic mass is 9.98. The van der Waals surface area contributed by atoms with Crippen LogP contribution in [0, 0.1) is 0 Å². The summed E-state index contributed by atoms with van der Waals surface area (Å²) in [6.45, 7) is 2.97. The summed E-state index contributed by atoms with van der Waals surface area (Å²) in [7, 11) is 0. The first kappa shape index (κ1) is 14.1. The van der Waals surface area contributed by atoms with Gasteiger partial charge in [-0.25, -0.2) is 0 Å². The van der Waals surface area contributed by atoms with Crippen molar-refractivity contribution in [3.8, 4) is 5.75 Å². The molecule has 114 valence electrons. The molecule has 0 aliphatic carbocycles. The third-order valence-electron chi connectivity index (χ3n) is 4.44. The second-order valence-electron chi connectivity index (χ2n) is 6.07. The standard InChI is InChI=1S/C22H20O/c1-2-3-12-23-20-10-11-21-19(14-20)9-8-18-13-16-6-4-5-7-17(16)15-22(18)21/h4-11,13-15H,2-3,12H2,1H3. The zero-order valence-electron chi connectivity index (χ0n) is 13.4.